The van der Waals surface area contributed by atoms with E-state index in [1.54, 1.807) is 24.0 Å². The smallest absolute Gasteiger partial charge is 0.271 e. The first-order chi connectivity index (χ1) is 12.8. The summed E-state index contributed by atoms with van der Waals surface area (Å²) in [6, 6.07) is 13.6. The van der Waals surface area contributed by atoms with E-state index in [1.165, 1.54) is 11.3 Å². The SMILES string of the molecule is O=C(NCc1cccnc1)c1csc(Nc2ccc3ncccc3c2)n1. The molecule has 1 amide bonds. The maximum Gasteiger partial charge on any atom is 0.271 e. The number of aromatic nitrogens is 3. The highest BCUT2D eigenvalue weighted by atomic mass is 32.1. The van der Waals surface area contributed by atoms with Crippen molar-refractivity contribution < 1.29 is 4.79 Å². The van der Waals surface area contributed by atoms with Crippen molar-refractivity contribution in [2.75, 3.05) is 5.32 Å². The lowest BCUT2D eigenvalue weighted by Crippen LogP contribution is -2.23. The van der Waals surface area contributed by atoms with Gasteiger partial charge in [0.05, 0.1) is 5.52 Å². The second kappa shape index (κ2) is 7.28. The van der Waals surface area contributed by atoms with Crippen LogP contribution in [-0.2, 0) is 6.54 Å². The molecule has 0 aliphatic rings. The van der Waals surface area contributed by atoms with Crippen LogP contribution in [0.4, 0.5) is 10.8 Å². The second-order valence-electron chi connectivity index (χ2n) is 5.62. The monoisotopic (exact) mass is 361 g/mol. The largest absolute Gasteiger partial charge is 0.347 e. The van der Waals surface area contributed by atoms with Crippen LogP contribution in [0.3, 0.4) is 0 Å². The zero-order chi connectivity index (χ0) is 17.8. The van der Waals surface area contributed by atoms with E-state index >= 15 is 0 Å². The fourth-order valence-corrected chi connectivity index (χ4v) is 3.20. The third-order valence-electron chi connectivity index (χ3n) is 3.77. The molecule has 0 unspecified atom stereocenters. The van der Waals surface area contributed by atoms with Crippen molar-refractivity contribution in [1.82, 2.24) is 20.3 Å². The van der Waals surface area contributed by atoms with Gasteiger partial charge < -0.3 is 10.6 Å². The van der Waals surface area contributed by atoms with Gasteiger partial charge in [0.15, 0.2) is 5.13 Å². The summed E-state index contributed by atoms with van der Waals surface area (Å²) in [5.41, 5.74) is 3.18. The molecule has 3 heterocycles. The molecule has 0 bridgehead atoms. The number of pyridine rings is 2. The van der Waals surface area contributed by atoms with Gasteiger partial charge in [-0.3, -0.25) is 14.8 Å². The third kappa shape index (κ3) is 3.68. The van der Waals surface area contributed by atoms with E-state index in [2.05, 4.69) is 25.6 Å². The molecule has 2 N–H and O–H groups in total. The van der Waals surface area contributed by atoms with Gasteiger partial charge in [-0.2, -0.15) is 0 Å². The van der Waals surface area contributed by atoms with Gasteiger partial charge in [-0.05, 0) is 35.9 Å². The zero-order valence-corrected chi connectivity index (χ0v) is 14.5. The quantitative estimate of drug-likeness (QED) is 0.566. The molecular weight excluding hydrogens is 346 g/mol. The van der Waals surface area contributed by atoms with Crippen LogP contribution in [0, 0.1) is 0 Å². The lowest BCUT2D eigenvalue weighted by atomic mass is 10.2. The molecule has 4 aromatic rings. The number of anilines is 2. The van der Waals surface area contributed by atoms with Gasteiger partial charge in [0, 0.05) is 41.6 Å². The first-order valence-electron chi connectivity index (χ1n) is 8.02. The van der Waals surface area contributed by atoms with Crippen LogP contribution in [0.25, 0.3) is 10.9 Å². The molecule has 0 spiro atoms. The summed E-state index contributed by atoms with van der Waals surface area (Å²) < 4.78 is 0. The van der Waals surface area contributed by atoms with Crippen molar-refractivity contribution in [2.24, 2.45) is 0 Å². The van der Waals surface area contributed by atoms with E-state index in [1.807, 2.05) is 42.5 Å². The van der Waals surface area contributed by atoms with E-state index in [-0.39, 0.29) is 5.91 Å². The minimum absolute atomic E-state index is 0.208. The predicted molar refractivity (Wildman–Crippen MR) is 103 cm³/mol. The molecule has 0 saturated heterocycles. The molecule has 0 atom stereocenters. The highest BCUT2D eigenvalue weighted by Gasteiger charge is 2.11. The summed E-state index contributed by atoms with van der Waals surface area (Å²) >= 11 is 1.39. The average molecular weight is 361 g/mol. The van der Waals surface area contributed by atoms with Crippen LogP contribution in [-0.4, -0.2) is 20.9 Å². The van der Waals surface area contributed by atoms with Gasteiger partial charge in [0.25, 0.3) is 5.91 Å². The Hall–Kier alpha value is -3.32. The number of rotatable bonds is 5. The fourth-order valence-electron chi connectivity index (χ4n) is 2.49. The van der Waals surface area contributed by atoms with Crippen molar-refractivity contribution in [3.63, 3.8) is 0 Å². The molecule has 26 heavy (non-hydrogen) atoms. The Morgan fingerprint density at radius 1 is 1.12 bits per heavy atom. The maximum atomic E-state index is 12.2. The van der Waals surface area contributed by atoms with Gasteiger partial charge in [0.2, 0.25) is 0 Å². The predicted octanol–water partition coefficient (Wildman–Crippen LogP) is 3.76. The molecule has 7 heteroatoms. The van der Waals surface area contributed by atoms with Gasteiger partial charge in [-0.1, -0.05) is 12.1 Å². The zero-order valence-electron chi connectivity index (χ0n) is 13.7. The van der Waals surface area contributed by atoms with Gasteiger partial charge in [-0.25, -0.2) is 4.98 Å². The minimum atomic E-state index is -0.208. The first kappa shape index (κ1) is 16.2. The molecule has 0 radical (unpaired) electrons. The Morgan fingerprint density at radius 2 is 2.04 bits per heavy atom. The van der Waals surface area contributed by atoms with Crippen LogP contribution in [0.15, 0.2) is 66.4 Å². The number of nitrogens with zero attached hydrogens (tertiary/aromatic N) is 3. The van der Waals surface area contributed by atoms with Gasteiger partial charge >= 0.3 is 0 Å². The van der Waals surface area contributed by atoms with Gasteiger partial charge in [-0.15, -0.1) is 11.3 Å². The lowest BCUT2D eigenvalue weighted by Gasteiger charge is -2.04. The number of nitrogens with one attached hydrogen (secondary N) is 2. The molecule has 0 saturated carbocycles. The molecule has 1 aromatic carbocycles. The molecule has 0 aliphatic heterocycles. The number of benzene rings is 1. The summed E-state index contributed by atoms with van der Waals surface area (Å²) in [7, 11) is 0. The second-order valence-corrected chi connectivity index (χ2v) is 6.48. The highest BCUT2D eigenvalue weighted by molar-refractivity contribution is 7.14. The Balaban J connectivity index is 1.42. The van der Waals surface area contributed by atoms with E-state index in [0.717, 1.165) is 22.2 Å². The summed E-state index contributed by atoms with van der Waals surface area (Å²) in [5, 5.41) is 9.53. The van der Waals surface area contributed by atoms with E-state index in [0.29, 0.717) is 17.4 Å². The number of hydrogen-bond donors (Lipinski definition) is 2. The Kier molecular flexibility index (Phi) is 4.53. The average Bonchev–Trinajstić information content (AvgIpc) is 3.15. The standard InChI is InChI=1S/C19H15N5OS/c25-18(22-11-13-3-1-7-20-10-13)17-12-26-19(24-17)23-15-5-6-16-14(9-15)4-2-8-21-16/h1-10,12H,11H2,(H,22,25)(H,23,24). The van der Waals surface area contributed by atoms with Crippen LogP contribution in [0.2, 0.25) is 0 Å². The Morgan fingerprint density at radius 3 is 2.92 bits per heavy atom. The number of hydrogen-bond acceptors (Lipinski definition) is 6. The maximum absolute atomic E-state index is 12.2. The molecule has 3 aromatic heterocycles. The Bertz CT molecular complexity index is 1050. The summed E-state index contributed by atoms with van der Waals surface area (Å²) in [6.07, 6.45) is 5.20. The summed E-state index contributed by atoms with van der Waals surface area (Å²) in [6.45, 7) is 0.421. The first-order valence-corrected chi connectivity index (χ1v) is 8.90. The molecule has 0 fully saturated rings. The van der Waals surface area contributed by atoms with Crippen molar-refractivity contribution >= 4 is 39.0 Å². The normalized spacial score (nSPS) is 10.6. The number of carbonyl (C=O) groups is 1. The van der Waals surface area contributed by atoms with Crippen LogP contribution >= 0.6 is 11.3 Å². The van der Waals surface area contributed by atoms with E-state index < -0.39 is 0 Å². The minimum Gasteiger partial charge on any atom is -0.347 e. The van der Waals surface area contributed by atoms with Crippen molar-refractivity contribution in [3.8, 4) is 0 Å². The van der Waals surface area contributed by atoms with E-state index in [4.69, 9.17) is 0 Å². The van der Waals surface area contributed by atoms with Crippen LogP contribution in [0.1, 0.15) is 16.1 Å². The summed E-state index contributed by atoms with van der Waals surface area (Å²) in [4.78, 5) is 24.9. The van der Waals surface area contributed by atoms with Crippen molar-refractivity contribution in [1.29, 1.82) is 0 Å². The highest BCUT2D eigenvalue weighted by Crippen LogP contribution is 2.23. The summed E-state index contributed by atoms with van der Waals surface area (Å²) in [5.74, 6) is -0.208. The molecular formula is C19H15N5OS. The van der Waals surface area contributed by atoms with Crippen LogP contribution < -0.4 is 10.6 Å². The molecule has 4 rings (SSSR count). The number of thiazole rings is 1. The van der Waals surface area contributed by atoms with Crippen molar-refractivity contribution in [2.45, 2.75) is 6.54 Å². The lowest BCUT2D eigenvalue weighted by molar-refractivity contribution is 0.0946. The fraction of sp³-hybridized carbons (Fsp3) is 0.0526. The number of amides is 1. The third-order valence-corrected chi connectivity index (χ3v) is 4.52. The number of fused-ring (bicyclic) bond motifs is 1. The number of carbonyl (C=O) groups excluding carboxylic acids is 1. The van der Waals surface area contributed by atoms with Crippen molar-refractivity contribution in [3.05, 3.63) is 77.7 Å². The van der Waals surface area contributed by atoms with E-state index in [9.17, 15) is 4.79 Å². The molecule has 0 aliphatic carbocycles. The topological polar surface area (TPSA) is 79.8 Å². The molecule has 128 valence electrons. The van der Waals surface area contributed by atoms with Crippen LogP contribution in [0.5, 0.6) is 0 Å². The Labute approximate surface area is 154 Å². The molecule has 6 nitrogen and oxygen atoms in total. The van der Waals surface area contributed by atoms with Gasteiger partial charge in [0.1, 0.15) is 5.69 Å².